The Balaban J connectivity index is 2.33. The number of rotatable bonds is 3. The van der Waals surface area contributed by atoms with Crippen molar-refractivity contribution in [2.24, 2.45) is 7.05 Å². The third-order valence-corrected chi connectivity index (χ3v) is 3.02. The third kappa shape index (κ3) is 3.94. The largest absolute Gasteiger partial charge is 0.507 e. The first-order valence-electron chi connectivity index (χ1n) is 7.10. The number of phenols is 1. The molecule has 0 saturated carbocycles. The van der Waals surface area contributed by atoms with E-state index < -0.39 is 11.7 Å². The lowest BCUT2D eigenvalue weighted by atomic mass is 10.1. The Bertz CT molecular complexity index is 717. The van der Waals surface area contributed by atoms with Gasteiger partial charge in [-0.25, -0.2) is 4.79 Å². The lowest BCUT2D eigenvalue weighted by Crippen LogP contribution is -2.27. The molecule has 0 fully saturated rings. The van der Waals surface area contributed by atoms with Gasteiger partial charge in [-0.1, -0.05) is 0 Å². The maximum absolute atomic E-state index is 11.9. The minimum Gasteiger partial charge on any atom is -0.507 e. The molecule has 2 aromatic rings. The number of carbonyl (C=O) groups excluding carboxylic acids is 1. The average Bonchev–Trinajstić information content (AvgIpc) is 2.80. The molecule has 2 N–H and O–H groups in total. The summed E-state index contributed by atoms with van der Waals surface area (Å²) in [6.07, 6.45) is 0.994. The van der Waals surface area contributed by atoms with Crippen molar-refractivity contribution in [3.05, 3.63) is 24.4 Å². The molecule has 1 amide bonds. The summed E-state index contributed by atoms with van der Waals surface area (Å²) < 4.78 is 12.1. The zero-order valence-electron chi connectivity index (χ0n) is 13.9. The van der Waals surface area contributed by atoms with Crippen LogP contribution < -0.4 is 10.1 Å². The van der Waals surface area contributed by atoms with Gasteiger partial charge in [0.25, 0.3) is 0 Å². The smallest absolute Gasteiger partial charge is 0.412 e. The number of carbonyl (C=O) groups is 1. The quantitative estimate of drug-likeness (QED) is 0.849. The second kappa shape index (κ2) is 6.20. The van der Waals surface area contributed by atoms with Crippen LogP contribution in [0.4, 0.5) is 10.5 Å². The van der Waals surface area contributed by atoms with E-state index in [2.05, 4.69) is 10.4 Å². The number of benzene rings is 1. The molecular weight excluding hydrogens is 298 g/mol. The van der Waals surface area contributed by atoms with Gasteiger partial charge in [-0.2, -0.15) is 5.10 Å². The number of ether oxygens (including phenoxy) is 2. The van der Waals surface area contributed by atoms with Gasteiger partial charge in [-0.05, 0) is 39.0 Å². The number of anilines is 1. The molecule has 0 spiro atoms. The van der Waals surface area contributed by atoms with E-state index in [-0.39, 0.29) is 5.75 Å². The van der Waals surface area contributed by atoms with Crippen molar-refractivity contribution in [1.82, 2.24) is 9.78 Å². The van der Waals surface area contributed by atoms with Crippen molar-refractivity contribution in [3.8, 4) is 22.8 Å². The summed E-state index contributed by atoms with van der Waals surface area (Å²) in [6, 6.07) is 4.72. The first-order chi connectivity index (χ1) is 10.7. The van der Waals surface area contributed by atoms with Gasteiger partial charge in [-0.3, -0.25) is 10.00 Å². The average molecular weight is 319 g/mol. The molecule has 0 aliphatic rings. The molecule has 0 radical (unpaired) electrons. The second-order valence-electron chi connectivity index (χ2n) is 6.04. The zero-order valence-corrected chi connectivity index (χ0v) is 13.9. The third-order valence-electron chi connectivity index (χ3n) is 3.02. The fourth-order valence-electron chi connectivity index (χ4n) is 2.10. The Hall–Kier alpha value is -2.70. The highest BCUT2D eigenvalue weighted by molar-refractivity contribution is 5.87. The van der Waals surface area contributed by atoms with Crippen molar-refractivity contribution in [1.29, 1.82) is 0 Å². The van der Waals surface area contributed by atoms with Crippen LogP contribution in [-0.4, -0.2) is 33.7 Å². The van der Waals surface area contributed by atoms with Crippen molar-refractivity contribution in [2.45, 2.75) is 26.4 Å². The number of aromatic hydroxyl groups is 1. The number of aryl methyl sites for hydroxylation is 1. The van der Waals surface area contributed by atoms with Crippen LogP contribution in [0.2, 0.25) is 0 Å². The summed E-state index contributed by atoms with van der Waals surface area (Å²) in [4.78, 5) is 11.9. The van der Waals surface area contributed by atoms with Crippen molar-refractivity contribution in [2.75, 3.05) is 12.4 Å². The Morgan fingerprint density at radius 2 is 2.04 bits per heavy atom. The molecule has 0 aliphatic heterocycles. The van der Waals surface area contributed by atoms with E-state index in [1.807, 2.05) is 0 Å². The minimum absolute atomic E-state index is 0.0571. The fourth-order valence-corrected chi connectivity index (χ4v) is 2.10. The Morgan fingerprint density at radius 3 is 2.65 bits per heavy atom. The van der Waals surface area contributed by atoms with Gasteiger partial charge in [0.15, 0.2) is 5.75 Å². The Morgan fingerprint density at radius 1 is 1.35 bits per heavy atom. The highest BCUT2D eigenvalue weighted by atomic mass is 16.6. The number of methoxy groups -OCH3 is 1. The lowest BCUT2D eigenvalue weighted by Gasteiger charge is -2.20. The fraction of sp³-hybridized carbons (Fsp3) is 0.375. The van der Waals surface area contributed by atoms with Gasteiger partial charge in [0, 0.05) is 18.3 Å². The number of nitrogens with zero attached hydrogens (tertiary/aromatic N) is 2. The van der Waals surface area contributed by atoms with E-state index >= 15 is 0 Å². The van der Waals surface area contributed by atoms with Crippen LogP contribution in [0.1, 0.15) is 20.8 Å². The molecule has 1 aromatic heterocycles. The summed E-state index contributed by atoms with van der Waals surface area (Å²) in [5.41, 5.74) is 1.01. The van der Waals surface area contributed by atoms with Crippen molar-refractivity contribution < 1.29 is 19.4 Å². The van der Waals surface area contributed by atoms with E-state index in [0.717, 1.165) is 0 Å². The Labute approximate surface area is 134 Å². The van der Waals surface area contributed by atoms with Crippen LogP contribution in [-0.2, 0) is 11.8 Å². The number of aromatic nitrogens is 2. The molecule has 2 rings (SSSR count). The maximum atomic E-state index is 11.9. The molecule has 7 nitrogen and oxygen atoms in total. The van der Waals surface area contributed by atoms with E-state index in [0.29, 0.717) is 22.7 Å². The van der Waals surface area contributed by atoms with Crippen LogP contribution in [0.3, 0.4) is 0 Å². The number of nitrogens with one attached hydrogen (secondary N) is 1. The summed E-state index contributed by atoms with van der Waals surface area (Å²) in [7, 11) is 3.27. The molecule has 124 valence electrons. The van der Waals surface area contributed by atoms with Crippen LogP contribution in [0.15, 0.2) is 24.4 Å². The molecule has 7 heteroatoms. The first-order valence-corrected chi connectivity index (χ1v) is 7.10. The summed E-state index contributed by atoms with van der Waals surface area (Å²) >= 11 is 0. The molecule has 0 atom stereocenters. The zero-order chi connectivity index (χ0) is 17.2. The number of amides is 1. The normalized spacial score (nSPS) is 11.2. The monoisotopic (exact) mass is 319 g/mol. The molecule has 1 heterocycles. The predicted molar refractivity (Wildman–Crippen MR) is 86.7 cm³/mol. The number of hydrogen-bond acceptors (Lipinski definition) is 5. The molecular formula is C16H21N3O4. The van der Waals surface area contributed by atoms with Gasteiger partial charge in [-0.15, -0.1) is 0 Å². The highest BCUT2D eigenvalue weighted by Crippen LogP contribution is 2.37. The number of hydrogen-bond donors (Lipinski definition) is 2. The van der Waals surface area contributed by atoms with Gasteiger partial charge >= 0.3 is 6.09 Å². The van der Waals surface area contributed by atoms with Crippen LogP contribution in [0, 0.1) is 0 Å². The van der Waals surface area contributed by atoms with Crippen LogP contribution in [0.5, 0.6) is 11.5 Å². The van der Waals surface area contributed by atoms with E-state index in [1.54, 1.807) is 50.8 Å². The maximum Gasteiger partial charge on any atom is 0.412 e. The summed E-state index contributed by atoms with van der Waals surface area (Å²) in [6.45, 7) is 5.36. The predicted octanol–water partition coefficient (Wildman–Crippen LogP) is 3.15. The van der Waals surface area contributed by atoms with Crippen LogP contribution in [0.25, 0.3) is 11.3 Å². The van der Waals surface area contributed by atoms with Crippen molar-refractivity contribution in [3.63, 3.8) is 0 Å². The molecule has 23 heavy (non-hydrogen) atoms. The minimum atomic E-state index is -0.588. The van der Waals surface area contributed by atoms with Gasteiger partial charge in [0.05, 0.1) is 13.3 Å². The molecule has 0 aliphatic carbocycles. The van der Waals surface area contributed by atoms with E-state index in [1.165, 1.54) is 13.2 Å². The van der Waals surface area contributed by atoms with E-state index in [9.17, 15) is 9.90 Å². The second-order valence-corrected chi connectivity index (χ2v) is 6.04. The molecule has 0 bridgehead atoms. The lowest BCUT2D eigenvalue weighted by molar-refractivity contribution is 0.0636. The summed E-state index contributed by atoms with van der Waals surface area (Å²) in [5.74, 6) is 0.582. The standard InChI is InChI=1S/C16H21N3O4/c1-16(2,3)23-15(21)18-10-6-7-12(20)11(8-10)14-13(22-5)9-17-19(14)4/h6-9,20H,1-5H3,(H,18,21). The molecule has 1 aromatic carbocycles. The Kier molecular flexibility index (Phi) is 4.49. The topological polar surface area (TPSA) is 85.6 Å². The number of phenolic OH excluding ortho intramolecular Hbond substituents is 1. The van der Waals surface area contributed by atoms with Gasteiger partial charge in [0.1, 0.15) is 17.0 Å². The SMILES string of the molecule is COc1cnn(C)c1-c1cc(NC(=O)OC(C)(C)C)ccc1O. The molecule has 0 unspecified atom stereocenters. The van der Waals surface area contributed by atoms with Crippen molar-refractivity contribution >= 4 is 11.8 Å². The van der Waals surface area contributed by atoms with Gasteiger partial charge < -0.3 is 14.6 Å². The summed E-state index contributed by atoms with van der Waals surface area (Å²) in [5, 5.41) is 16.9. The highest BCUT2D eigenvalue weighted by Gasteiger charge is 2.19. The van der Waals surface area contributed by atoms with Crippen LogP contribution >= 0.6 is 0 Å². The van der Waals surface area contributed by atoms with Gasteiger partial charge in [0.2, 0.25) is 0 Å². The van der Waals surface area contributed by atoms with E-state index in [4.69, 9.17) is 9.47 Å². The molecule has 0 saturated heterocycles. The first kappa shape index (κ1) is 16.7.